The molecule has 2 aromatic rings. The maximum atomic E-state index is 13.1. The van der Waals surface area contributed by atoms with Crippen LogP contribution in [0.4, 0.5) is 9.80 Å². The van der Waals surface area contributed by atoms with Crippen molar-refractivity contribution in [2.75, 3.05) is 19.0 Å². The number of benzene rings is 1. The molecular weight excluding hydrogens is 372 g/mol. The van der Waals surface area contributed by atoms with Crippen molar-refractivity contribution in [2.24, 2.45) is 0 Å². The number of aryl methyl sites for hydroxylation is 2. The number of amides is 2. The van der Waals surface area contributed by atoms with E-state index in [1.165, 1.54) is 34.5 Å². The molecule has 2 amide bonds. The third-order valence-electron chi connectivity index (χ3n) is 5.72. The molecule has 148 valence electrons. The lowest BCUT2D eigenvalue weighted by Gasteiger charge is -2.25. The molecule has 0 bridgehead atoms. The lowest BCUT2D eigenvalue weighted by molar-refractivity contribution is 0.0601. The van der Waals surface area contributed by atoms with E-state index in [9.17, 15) is 9.59 Å². The lowest BCUT2D eigenvalue weighted by Crippen LogP contribution is -2.34. The van der Waals surface area contributed by atoms with Gasteiger partial charge in [0.05, 0.1) is 18.7 Å². The van der Waals surface area contributed by atoms with E-state index in [-0.39, 0.29) is 18.0 Å². The van der Waals surface area contributed by atoms with Gasteiger partial charge in [0.2, 0.25) is 0 Å². The van der Waals surface area contributed by atoms with Crippen molar-refractivity contribution in [1.29, 1.82) is 0 Å². The van der Waals surface area contributed by atoms with Crippen molar-refractivity contribution in [3.63, 3.8) is 0 Å². The third kappa shape index (κ3) is 3.53. The fourth-order valence-corrected chi connectivity index (χ4v) is 5.64. The Balaban J connectivity index is 1.59. The third-order valence-corrected chi connectivity index (χ3v) is 6.93. The first-order chi connectivity index (χ1) is 13.6. The van der Waals surface area contributed by atoms with E-state index >= 15 is 0 Å². The van der Waals surface area contributed by atoms with Crippen molar-refractivity contribution in [3.05, 3.63) is 51.4 Å². The number of esters is 1. The van der Waals surface area contributed by atoms with Gasteiger partial charge in [0, 0.05) is 11.4 Å². The van der Waals surface area contributed by atoms with Crippen molar-refractivity contribution >= 4 is 28.3 Å². The summed E-state index contributed by atoms with van der Waals surface area (Å²) in [5, 5.41) is 3.68. The maximum absolute atomic E-state index is 13.1. The van der Waals surface area contributed by atoms with Crippen LogP contribution in [-0.4, -0.2) is 30.6 Å². The van der Waals surface area contributed by atoms with E-state index in [1.807, 2.05) is 11.0 Å². The number of urea groups is 1. The fraction of sp³-hybridized carbons (Fsp3) is 0.455. The molecule has 0 saturated carbocycles. The highest BCUT2D eigenvalue weighted by molar-refractivity contribution is 7.17. The van der Waals surface area contributed by atoms with E-state index in [0.717, 1.165) is 50.6 Å². The van der Waals surface area contributed by atoms with Crippen LogP contribution in [0, 0.1) is 6.92 Å². The van der Waals surface area contributed by atoms with Crippen LogP contribution in [0.2, 0.25) is 0 Å². The lowest BCUT2D eigenvalue weighted by atomic mass is 9.95. The molecule has 28 heavy (non-hydrogen) atoms. The number of thiophene rings is 1. The van der Waals surface area contributed by atoms with Gasteiger partial charge in [-0.1, -0.05) is 29.8 Å². The summed E-state index contributed by atoms with van der Waals surface area (Å²) in [5.74, 6) is -0.355. The molecular formula is C22H26N2O3S. The van der Waals surface area contributed by atoms with E-state index in [2.05, 4.69) is 30.4 Å². The smallest absolute Gasteiger partial charge is 0.341 e. The molecule has 1 atom stereocenters. The van der Waals surface area contributed by atoms with Gasteiger partial charge in [0.15, 0.2) is 0 Å². The summed E-state index contributed by atoms with van der Waals surface area (Å²) >= 11 is 1.53. The molecule has 1 aromatic carbocycles. The molecule has 1 aliphatic carbocycles. The second-order valence-corrected chi connectivity index (χ2v) is 8.71. The van der Waals surface area contributed by atoms with Crippen LogP contribution < -0.4 is 5.32 Å². The highest BCUT2D eigenvalue weighted by atomic mass is 32.1. The summed E-state index contributed by atoms with van der Waals surface area (Å²) < 4.78 is 5.01. The second kappa shape index (κ2) is 7.95. The van der Waals surface area contributed by atoms with Gasteiger partial charge < -0.3 is 9.64 Å². The van der Waals surface area contributed by atoms with Crippen LogP contribution in [0.1, 0.15) is 63.7 Å². The zero-order valence-electron chi connectivity index (χ0n) is 16.4. The Morgan fingerprint density at radius 3 is 2.82 bits per heavy atom. The number of nitrogens with zero attached hydrogens (tertiary/aromatic N) is 1. The Morgan fingerprint density at radius 2 is 2.04 bits per heavy atom. The highest BCUT2D eigenvalue weighted by Gasteiger charge is 2.32. The summed E-state index contributed by atoms with van der Waals surface area (Å²) in [5.41, 5.74) is 3.99. The summed E-state index contributed by atoms with van der Waals surface area (Å²) in [4.78, 5) is 28.6. The Hall–Kier alpha value is -2.34. The van der Waals surface area contributed by atoms with Crippen molar-refractivity contribution in [2.45, 2.75) is 51.5 Å². The van der Waals surface area contributed by atoms with Crippen LogP contribution in [0.25, 0.3) is 0 Å². The molecule has 0 spiro atoms. The molecule has 2 heterocycles. The van der Waals surface area contributed by atoms with Crippen LogP contribution >= 0.6 is 11.3 Å². The van der Waals surface area contributed by atoms with Crippen LogP contribution in [-0.2, 0) is 17.6 Å². The molecule has 5 nitrogen and oxygen atoms in total. The SMILES string of the molecule is COC(=O)c1c(NC(=O)N2CCCC2c2cccc(C)c2)sc2c1CCCC2. The topological polar surface area (TPSA) is 58.6 Å². The van der Waals surface area contributed by atoms with Gasteiger partial charge in [-0.3, -0.25) is 5.32 Å². The van der Waals surface area contributed by atoms with Gasteiger partial charge in [-0.25, -0.2) is 9.59 Å². The summed E-state index contributed by atoms with van der Waals surface area (Å²) in [7, 11) is 1.40. The Morgan fingerprint density at radius 1 is 1.21 bits per heavy atom. The molecule has 1 fully saturated rings. The van der Waals surface area contributed by atoms with E-state index in [0.29, 0.717) is 10.6 Å². The minimum absolute atomic E-state index is 0.0797. The summed E-state index contributed by atoms with van der Waals surface area (Å²) in [6, 6.07) is 8.31. The van der Waals surface area contributed by atoms with Crippen LogP contribution in [0.3, 0.4) is 0 Å². The first-order valence-corrected chi connectivity index (χ1v) is 10.8. The molecule has 1 aromatic heterocycles. The normalized spacial score (nSPS) is 18.6. The number of fused-ring (bicyclic) bond motifs is 1. The zero-order chi connectivity index (χ0) is 19.7. The predicted octanol–water partition coefficient (Wildman–Crippen LogP) is 5.09. The molecule has 2 aliphatic rings. The van der Waals surface area contributed by atoms with E-state index in [1.54, 1.807) is 0 Å². The number of nitrogens with one attached hydrogen (secondary N) is 1. The van der Waals surface area contributed by atoms with Gasteiger partial charge in [-0.15, -0.1) is 11.3 Å². The average molecular weight is 399 g/mol. The fourth-order valence-electron chi connectivity index (χ4n) is 4.37. The van der Waals surface area contributed by atoms with Gasteiger partial charge in [0.1, 0.15) is 5.00 Å². The summed E-state index contributed by atoms with van der Waals surface area (Å²) in [6.07, 6.45) is 5.99. The first kappa shape index (κ1) is 19.0. The van der Waals surface area contributed by atoms with E-state index in [4.69, 9.17) is 4.74 Å². The van der Waals surface area contributed by atoms with E-state index < -0.39 is 0 Å². The monoisotopic (exact) mass is 398 g/mol. The first-order valence-electron chi connectivity index (χ1n) is 9.95. The average Bonchev–Trinajstić information content (AvgIpc) is 3.32. The number of rotatable bonds is 3. The quantitative estimate of drug-likeness (QED) is 0.733. The highest BCUT2D eigenvalue weighted by Crippen LogP contribution is 2.39. The predicted molar refractivity (Wildman–Crippen MR) is 111 cm³/mol. The summed E-state index contributed by atoms with van der Waals surface area (Å²) in [6.45, 7) is 2.80. The van der Waals surface area contributed by atoms with Crippen molar-refractivity contribution < 1.29 is 14.3 Å². The molecule has 0 radical (unpaired) electrons. The molecule has 6 heteroatoms. The Labute approximate surface area is 169 Å². The van der Waals surface area contributed by atoms with Crippen molar-refractivity contribution in [1.82, 2.24) is 4.90 Å². The van der Waals surface area contributed by atoms with Gasteiger partial charge in [-0.05, 0) is 56.6 Å². The number of hydrogen-bond acceptors (Lipinski definition) is 4. The van der Waals surface area contributed by atoms with Crippen LogP contribution in [0.5, 0.6) is 0 Å². The van der Waals surface area contributed by atoms with Gasteiger partial charge in [0.25, 0.3) is 0 Å². The van der Waals surface area contributed by atoms with Gasteiger partial charge in [-0.2, -0.15) is 0 Å². The second-order valence-electron chi connectivity index (χ2n) is 7.60. The van der Waals surface area contributed by atoms with Gasteiger partial charge >= 0.3 is 12.0 Å². The molecule has 1 unspecified atom stereocenters. The number of ether oxygens (including phenoxy) is 1. The number of hydrogen-bond donors (Lipinski definition) is 1. The Bertz CT molecular complexity index is 905. The molecule has 1 N–H and O–H groups in total. The number of likely N-dealkylation sites (tertiary alicyclic amines) is 1. The largest absolute Gasteiger partial charge is 0.465 e. The number of carbonyl (C=O) groups is 2. The molecule has 1 saturated heterocycles. The van der Waals surface area contributed by atoms with Crippen molar-refractivity contribution in [3.8, 4) is 0 Å². The van der Waals surface area contributed by atoms with Crippen LogP contribution in [0.15, 0.2) is 24.3 Å². The minimum Gasteiger partial charge on any atom is -0.465 e. The Kier molecular flexibility index (Phi) is 5.40. The molecule has 1 aliphatic heterocycles. The minimum atomic E-state index is -0.355. The molecule has 4 rings (SSSR count). The number of carbonyl (C=O) groups excluding carboxylic acids is 2. The standard InChI is InChI=1S/C22H26N2O3S/c1-14-7-5-8-15(13-14)17-10-6-12-24(17)22(26)23-20-19(21(25)27-2)16-9-3-4-11-18(16)28-20/h5,7-8,13,17H,3-4,6,9-12H2,1-2H3,(H,23,26). The maximum Gasteiger partial charge on any atom is 0.341 e. The zero-order valence-corrected chi connectivity index (χ0v) is 17.2. The number of methoxy groups -OCH3 is 1. The number of anilines is 1.